The Balaban J connectivity index is 1.69. The van der Waals surface area contributed by atoms with Gasteiger partial charge in [-0.15, -0.1) is 31.7 Å². The maximum atomic E-state index is 12.3. The van der Waals surface area contributed by atoms with E-state index >= 15 is 0 Å². The van der Waals surface area contributed by atoms with Gasteiger partial charge in [0.1, 0.15) is 5.01 Å². The molecule has 3 aromatic heterocycles. The van der Waals surface area contributed by atoms with Crippen molar-refractivity contribution < 1.29 is 4.79 Å². The van der Waals surface area contributed by atoms with Crippen molar-refractivity contribution in [2.24, 2.45) is 0 Å². The van der Waals surface area contributed by atoms with Crippen molar-refractivity contribution in [1.29, 1.82) is 0 Å². The third-order valence-corrected chi connectivity index (χ3v) is 6.86. The van der Waals surface area contributed by atoms with Crippen LogP contribution in [-0.2, 0) is 17.6 Å². The molecule has 0 atom stereocenters. The average molecular weight is 437 g/mol. The van der Waals surface area contributed by atoms with Crippen molar-refractivity contribution in [2.75, 3.05) is 11.1 Å². The van der Waals surface area contributed by atoms with Crippen molar-refractivity contribution in [3.63, 3.8) is 0 Å². The Hall–Kier alpha value is -1.78. The lowest BCUT2D eigenvalue weighted by molar-refractivity contribution is -0.113. The molecule has 0 unspecified atom stereocenters. The molecule has 0 aromatic carbocycles. The van der Waals surface area contributed by atoms with Crippen LogP contribution in [0.1, 0.15) is 50.0 Å². The second kappa shape index (κ2) is 9.62. The first kappa shape index (κ1) is 20.9. The molecular formula is C18H24N6OS3. The van der Waals surface area contributed by atoms with Gasteiger partial charge in [0.15, 0.2) is 11.0 Å². The third-order valence-electron chi connectivity index (χ3n) is 3.94. The maximum Gasteiger partial charge on any atom is 0.236 e. The van der Waals surface area contributed by atoms with Crippen LogP contribution in [0.5, 0.6) is 0 Å². The minimum Gasteiger partial charge on any atom is -0.300 e. The van der Waals surface area contributed by atoms with Crippen molar-refractivity contribution in [2.45, 2.75) is 58.2 Å². The Kier molecular flexibility index (Phi) is 7.19. The van der Waals surface area contributed by atoms with Gasteiger partial charge in [-0.1, -0.05) is 43.4 Å². The summed E-state index contributed by atoms with van der Waals surface area (Å²) in [5.41, 5.74) is 1.09. The monoisotopic (exact) mass is 436 g/mol. The number of aryl methyl sites for hydroxylation is 2. The number of hydrogen-bond acceptors (Lipinski definition) is 8. The van der Waals surface area contributed by atoms with E-state index in [9.17, 15) is 4.79 Å². The number of thiophene rings is 1. The second-order valence-electron chi connectivity index (χ2n) is 6.51. The molecule has 10 heteroatoms. The smallest absolute Gasteiger partial charge is 0.236 e. The molecule has 150 valence electrons. The quantitative estimate of drug-likeness (QED) is 0.490. The zero-order valence-electron chi connectivity index (χ0n) is 16.4. The number of carbonyl (C=O) groups excluding carboxylic acids is 1. The third kappa shape index (κ3) is 4.98. The highest BCUT2D eigenvalue weighted by Crippen LogP contribution is 2.31. The fourth-order valence-corrected chi connectivity index (χ4v) is 5.18. The van der Waals surface area contributed by atoms with Crippen LogP contribution in [0.2, 0.25) is 0 Å². The van der Waals surface area contributed by atoms with E-state index in [1.165, 1.54) is 28.0 Å². The van der Waals surface area contributed by atoms with Crippen LogP contribution >= 0.6 is 34.4 Å². The van der Waals surface area contributed by atoms with Gasteiger partial charge in [-0.2, -0.15) is 0 Å². The average Bonchev–Trinajstić information content (AvgIpc) is 3.39. The molecule has 0 bridgehead atoms. The molecule has 3 aromatic rings. The van der Waals surface area contributed by atoms with Crippen molar-refractivity contribution in [3.05, 3.63) is 21.3 Å². The van der Waals surface area contributed by atoms with E-state index in [-0.39, 0.29) is 17.7 Å². The Morgan fingerprint density at radius 1 is 1.25 bits per heavy atom. The number of nitrogens with zero attached hydrogens (tertiary/aromatic N) is 5. The molecule has 0 radical (unpaired) electrons. The molecule has 3 heterocycles. The van der Waals surface area contributed by atoms with Crippen LogP contribution in [0, 0.1) is 0 Å². The number of thioether (sulfide) groups is 1. The number of rotatable bonds is 9. The fourth-order valence-electron chi connectivity index (χ4n) is 2.65. The Labute approximate surface area is 177 Å². The summed E-state index contributed by atoms with van der Waals surface area (Å²) in [5, 5.41) is 23.9. The number of carbonyl (C=O) groups is 1. The molecule has 3 rings (SSSR count). The number of hydrogen-bond donors (Lipinski definition) is 1. The lowest BCUT2D eigenvalue weighted by Gasteiger charge is -2.12. The van der Waals surface area contributed by atoms with Crippen LogP contribution in [0.4, 0.5) is 5.13 Å². The molecule has 0 aliphatic carbocycles. The first-order chi connectivity index (χ1) is 13.5. The van der Waals surface area contributed by atoms with Gasteiger partial charge in [0.25, 0.3) is 0 Å². The first-order valence-corrected chi connectivity index (χ1v) is 12.0. The van der Waals surface area contributed by atoms with Gasteiger partial charge >= 0.3 is 0 Å². The summed E-state index contributed by atoms with van der Waals surface area (Å²) in [6.07, 6.45) is 3.01. The minimum absolute atomic E-state index is 0.121. The summed E-state index contributed by atoms with van der Waals surface area (Å²) in [6, 6.07) is 2.39. The lowest BCUT2D eigenvalue weighted by atomic mass is 10.2. The molecule has 0 fully saturated rings. The van der Waals surface area contributed by atoms with Crippen molar-refractivity contribution in [1.82, 2.24) is 25.0 Å². The summed E-state index contributed by atoms with van der Waals surface area (Å²) in [4.78, 5) is 13.6. The zero-order chi connectivity index (χ0) is 20.1. The number of amides is 1. The largest absolute Gasteiger partial charge is 0.300 e. The molecule has 0 aliphatic rings. The highest BCUT2D eigenvalue weighted by Gasteiger charge is 2.19. The van der Waals surface area contributed by atoms with E-state index in [0.717, 1.165) is 40.8 Å². The predicted octanol–water partition coefficient (Wildman–Crippen LogP) is 4.68. The highest BCUT2D eigenvalue weighted by molar-refractivity contribution is 7.99. The van der Waals surface area contributed by atoms with Crippen LogP contribution in [0.25, 0.3) is 11.4 Å². The summed E-state index contributed by atoms with van der Waals surface area (Å²) in [7, 11) is 0. The summed E-state index contributed by atoms with van der Waals surface area (Å²) in [6.45, 7) is 8.39. The highest BCUT2D eigenvalue weighted by atomic mass is 32.2. The van der Waals surface area contributed by atoms with Gasteiger partial charge in [-0.3, -0.25) is 14.7 Å². The molecule has 1 amide bonds. The molecule has 0 saturated carbocycles. The molecule has 28 heavy (non-hydrogen) atoms. The molecule has 1 N–H and O–H groups in total. The Morgan fingerprint density at radius 3 is 2.75 bits per heavy atom. The van der Waals surface area contributed by atoms with Crippen LogP contribution in [0.3, 0.4) is 0 Å². The molecular weight excluding hydrogens is 412 g/mol. The van der Waals surface area contributed by atoms with Crippen molar-refractivity contribution >= 4 is 45.5 Å². The van der Waals surface area contributed by atoms with Crippen LogP contribution < -0.4 is 5.32 Å². The van der Waals surface area contributed by atoms with Gasteiger partial charge in [-0.05, 0) is 32.8 Å². The summed E-state index contributed by atoms with van der Waals surface area (Å²) in [5.74, 6) is 0.981. The van der Waals surface area contributed by atoms with Gasteiger partial charge in [0.05, 0.1) is 5.75 Å². The molecule has 7 nitrogen and oxygen atoms in total. The first-order valence-electron chi connectivity index (χ1n) is 9.29. The normalized spacial score (nSPS) is 11.3. The maximum absolute atomic E-state index is 12.3. The van der Waals surface area contributed by atoms with E-state index < -0.39 is 0 Å². The van der Waals surface area contributed by atoms with Gasteiger partial charge in [0, 0.05) is 21.9 Å². The lowest BCUT2D eigenvalue weighted by Crippen LogP contribution is -2.15. The Morgan fingerprint density at radius 2 is 2.07 bits per heavy atom. The van der Waals surface area contributed by atoms with E-state index in [0.29, 0.717) is 5.13 Å². The minimum atomic E-state index is -0.121. The summed E-state index contributed by atoms with van der Waals surface area (Å²) >= 11 is 4.55. The van der Waals surface area contributed by atoms with E-state index in [2.05, 4.69) is 62.5 Å². The van der Waals surface area contributed by atoms with E-state index in [4.69, 9.17) is 0 Å². The fraction of sp³-hybridized carbons (Fsp3) is 0.500. The summed E-state index contributed by atoms with van der Waals surface area (Å²) < 4.78 is 2.09. The topological polar surface area (TPSA) is 85.6 Å². The van der Waals surface area contributed by atoms with Crippen LogP contribution in [0.15, 0.2) is 16.6 Å². The van der Waals surface area contributed by atoms with Gasteiger partial charge < -0.3 is 0 Å². The predicted molar refractivity (Wildman–Crippen MR) is 116 cm³/mol. The number of anilines is 1. The zero-order valence-corrected chi connectivity index (χ0v) is 18.9. The van der Waals surface area contributed by atoms with Gasteiger partial charge in [0.2, 0.25) is 11.0 Å². The van der Waals surface area contributed by atoms with Gasteiger partial charge in [-0.25, -0.2) is 0 Å². The molecule has 0 aliphatic heterocycles. The van der Waals surface area contributed by atoms with E-state index in [1.807, 2.05) is 6.92 Å². The van der Waals surface area contributed by atoms with E-state index in [1.54, 1.807) is 11.3 Å². The van der Waals surface area contributed by atoms with Crippen molar-refractivity contribution in [3.8, 4) is 11.4 Å². The standard InChI is InChI=1S/C18H24N6OS3/c1-5-7-13-8-12(9-26-13)16-21-23-18(24(16)11(3)4)27-10-14(25)19-17-22-20-15(6-2)28-17/h8-9,11H,5-7,10H2,1-4H3,(H,19,22,25). The number of aromatic nitrogens is 5. The molecule has 0 saturated heterocycles. The molecule has 0 spiro atoms. The Bertz CT molecular complexity index is 930. The SMILES string of the molecule is CCCc1cc(-c2nnc(SCC(=O)Nc3nnc(CC)s3)n2C(C)C)cs1. The second-order valence-corrected chi connectivity index (χ2v) is 9.51. The number of nitrogens with one attached hydrogen (secondary N) is 1. The van der Waals surface area contributed by atoms with Crippen LogP contribution in [-0.4, -0.2) is 36.6 Å².